The average Bonchev–Trinajstić information content (AvgIpc) is 3.44. The second-order valence-corrected chi connectivity index (χ2v) is 11.8. The van der Waals surface area contributed by atoms with Crippen LogP contribution in [-0.4, -0.2) is 47.9 Å². The predicted molar refractivity (Wildman–Crippen MR) is 170 cm³/mol. The van der Waals surface area contributed by atoms with Gasteiger partial charge in [0.05, 0.1) is 16.7 Å². The summed E-state index contributed by atoms with van der Waals surface area (Å²) in [4.78, 5) is 13.4. The topological polar surface area (TPSA) is 101 Å². The minimum atomic E-state index is -1.24. The number of ether oxygens (including phenoxy) is 4. The van der Waals surface area contributed by atoms with Crippen LogP contribution in [0.5, 0.6) is 23.0 Å². The van der Waals surface area contributed by atoms with Crippen LogP contribution < -0.4 is 18.9 Å². The van der Waals surface area contributed by atoms with Gasteiger partial charge in [0.25, 0.3) is 0 Å². The molecule has 0 amide bonds. The van der Waals surface area contributed by atoms with Gasteiger partial charge in [-0.3, -0.25) is 9.69 Å². The van der Waals surface area contributed by atoms with Gasteiger partial charge in [0.2, 0.25) is 0 Å². The van der Waals surface area contributed by atoms with E-state index in [1.54, 1.807) is 35.2 Å². The van der Waals surface area contributed by atoms with Crippen molar-refractivity contribution in [3.8, 4) is 40.2 Å². The van der Waals surface area contributed by atoms with Gasteiger partial charge in [-0.1, -0.05) is 48.0 Å². The van der Waals surface area contributed by atoms with Crippen LogP contribution in [0.15, 0.2) is 72.8 Å². The van der Waals surface area contributed by atoms with Crippen LogP contribution in [0, 0.1) is 18.3 Å². The summed E-state index contributed by atoms with van der Waals surface area (Å²) >= 11 is 6.72. The van der Waals surface area contributed by atoms with Crippen LogP contribution in [0.3, 0.4) is 0 Å². The number of carboxylic acids is 1. The summed E-state index contributed by atoms with van der Waals surface area (Å²) < 4.78 is 38.2. The number of nitrogens with zero attached hydrogens (tertiary/aromatic N) is 2. The summed E-state index contributed by atoms with van der Waals surface area (Å²) in [7, 11) is 0. The number of rotatable bonds is 10. The molecule has 2 aliphatic rings. The summed E-state index contributed by atoms with van der Waals surface area (Å²) in [6, 6.07) is 23.5. The van der Waals surface area contributed by atoms with Gasteiger partial charge in [-0.2, -0.15) is 5.26 Å². The smallest absolute Gasteiger partial charge is 0.321 e. The van der Waals surface area contributed by atoms with E-state index in [1.807, 2.05) is 49.4 Å². The fraction of sp³-hybridized carbons (Fsp3) is 0.278. The van der Waals surface area contributed by atoms with Crippen LogP contribution in [0.1, 0.15) is 34.2 Å². The maximum atomic E-state index is 14.3. The first-order valence-corrected chi connectivity index (χ1v) is 15.3. The number of alkyl halides is 1. The summed E-state index contributed by atoms with van der Waals surface area (Å²) in [5.74, 6) is 1.18. The van der Waals surface area contributed by atoms with E-state index in [0.717, 1.165) is 33.6 Å². The molecule has 0 aliphatic carbocycles. The Balaban J connectivity index is 1.25. The van der Waals surface area contributed by atoms with Crippen LogP contribution >= 0.6 is 11.6 Å². The normalized spacial score (nSPS) is 17.3. The van der Waals surface area contributed by atoms with Crippen molar-refractivity contribution >= 4 is 17.6 Å². The largest absolute Gasteiger partial charge is 0.488 e. The molecular weight excluding hydrogens is 611 g/mol. The predicted octanol–water partition coefficient (Wildman–Crippen LogP) is 7.11. The van der Waals surface area contributed by atoms with E-state index < -0.39 is 18.2 Å². The van der Waals surface area contributed by atoms with Crippen LogP contribution in [0.25, 0.3) is 11.1 Å². The first-order valence-electron chi connectivity index (χ1n) is 15.0. The number of hydrogen-bond acceptors (Lipinski definition) is 7. The highest BCUT2D eigenvalue weighted by atomic mass is 35.5. The number of hydrogen-bond donors (Lipinski definition) is 1. The number of fused-ring (bicyclic) bond motifs is 1. The molecule has 0 radical (unpaired) electrons. The highest BCUT2D eigenvalue weighted by molar-refractivity contribution is 6.32. The number of nitriles is 1. The van der Waals surface area contributed by atoms with Crippen molar-refractivity contribution in [3.05, 3.63) is 106 Å². The van der Waals surface area contributed by atoms with Crippen molar-refractivity contribution in [2.45, 2.75) is 45.3 Å². The maximum absolute atomic E-state index is 14.3. The van der Waals surface area contributed by atoms with Crippen molar-refractivity contribution in [1.29, 1.82) is 5.26 Å². The molecule has 0 spiro atoms. The van der Waals surface area contributed by atoms with E-state index in [1.165, 1.54) is 0 Å². The van der Waals surface area contributed by atoms with Gasteiger partial charge in [0.15, 0.2) is 11.5 Å². The fourth-order valence-corrected chi connectivity index (χ4v) is 6.09. The van der Waals surface area contributed by atoms with Gasteiger partial charge in [-0.25, -0.2) is 4.39 Å². The second kappa shape index (κ2) is 13.7. The van der Waals surface area contributed by atoms with Crippen molar-refractivity contribution in [2.75, 3.05) is 19.8 Å². The van der Waals surface area contributed by atoms with Gasteiger partial charge in [-0.05, 0) is 65.1 Å². The summed E-state index contributed by atoms with van der Waals surface area (Å²) in [6.45, 7) is 3.57. The number of halogens is 2. The summed E-state index contributed by atoms with van der Waals surface area (Å²) in [6.07, 6.45) is -1.31. The van der Waals surface area contributed by atoms with E-state index in [4.69, 9.17) is 30.5 Å². The van der Waals surface area contributed by atoms with Gasteiger partial charge < -0.3 is 24.1 Å². The number of carbonyl (C=O) groups is 1. The lowest BCUT2D eigenvalue weighted by Crippen LogP contribution is -2.35. The molecule has 4 aromatic rings. The minimum Gasteiger partial charge on any atom is -0.488 e. The molecule has 2 aliphatic heterocycles. The Bertz CT molecular complexity index is 1810. The molecule has 0 saturated carbocycles. The van der Waals surface area contributed by atoms with Crippen molar-refractivity contribution in [2.24, 2.45) is 0 Å². The molecule has 0 bridgehead atoms. The lowest BCUT2D eigenvalue weighted by molar-refractivity contribution is -0.142. The van der Waals surface area contributed by atoms with Crippen molar-refractivity contribution in [1.82, 2.24) is 4.90 Å². The molecule has 8 nitrogen and oxygen atoms in total. The third kappa shape index (κ3) is 6.89. The highest BCUT2D eigenvalue weighted by Gasteiger charge is 2.37. The number of benzene rings is 4. The van der Waals surface area contributed by atoms with Crippen LogP contribution in [0.2, 0.25) is 5.02 Å². The van der Waals surface area contributed by atoms with Gasteiger partial charge in [0.1, 0.15) is 50.1 Å². The molecule has 10 heteroatoms. The Morgan fingerprint density at radius 2 is 1.78 bits per heavy atom. The zero-order valence-electron chi connectivity index (χ0n) is 25.2. The second-order valence-electron chi connectivity index (χ2n) is 11.3. The molecule has 46 heavy (non-hydrogen) atoms. The molecular formula is C36H32ClFN2O6. The van der Waals surface area contributed by atoms with E-state index in [0.29, 0.717) is 46.6 Å². The summed E-state index contributed by atoms with van der Waals surface area (Å²) in [5, 5.41) is 19.3. The number of likely N-dealkylation sites (tertiary alicyclic amines) is 1. The lowest BCUT2D eigenvalue weighted by atomic mass is 9.96. The molecule has 236 valence electrons. The Morgan fingerprint density at radius 1 is 1.00 bits per heavy atom. The third-order valence-corrected chi connectivity index (χ3v) is 8.55. The Hall–Kier alpha value is -4.78. The summed E-state index contributed by atoms with van der Waals surface area (Å²) in [5.41, 5.74) is 5.92. The van der Waals surface area contributed by atoms with E-state index in [-0.39, 0.29) is 32.7 Å². The van der Waals surface area contributed by atoms with E-state index in [9.17, 15) is 19.6 Å². The van der Waals surface area contributed by atoms with Gasteiger partial charge in [-0.15, -0.1) is 0 Å². The molecule has 1 saturated heterocycles. The average molecular weight is 643 g/mol. The van der Waals surface area contributed by atoms with Crippen LogP contribution in [-0.2, 0) is 24.6 Å². The molecule has 1 fully saturated rings. The quantitative estimate of drug-likeness (QED) is 0.195. The maximum Gasteiger partial charge on any atom is 0.321 e. The SMILES string of the molecule is Cc1c(COc2cc(OCc3cccc(C#N)c3)c(CN3C[C@@H](F)C[C@@H]3C(=O)O)cc2Cl)cccc1-c1ccc2c(c1)OCCO2. The van der Waals surface area contributed by atoms with Gasteiger partial charge in [0, 0.05) is 31.1 Å². The number of aliphatic carboxylic acids is 1. The zero-order chi connectivity index (χ0) is 32.2. The fourth-order valence-electron chi connectivity index (χ4n) is 5.85. The molecule has 6 rings (SSSR count). The van der Waals surface area contributed by atoms with Crippen molar-refractivity contribution in [3.63, 3.8) is 0 Å². The monoisotopic (exact) mass is 642 g/mol. The molecule has 0 aromatic heterocycles. The first kappa shape index (κ1) is 31.2. The van der Waals surface area contributed by atoms with Gasteiger partial charge >= 0.3 is 5.97 Å². The molecule has 2 heterocycles. The zero-order valence-corrected chi connectivity index (χ0v) is 25.9. The highest BCUT2D eigenvalue weighted by Crippen LogP contribution is 2.38. The lowest BCUT2D eigenvalue weighted by Gasteiger charge is -2.23. The van der Waals surface area contributed by atoms with E-state index >= 15 is 0 Å². The Morgan fingerprint density at radius 3 is 2.59 bits per heavy atom. The Kier molecular flexibility index (Phi) is 9.29. The standard InChI is InChI=1S/C36H32ClFN2O6/c1-22-26(6-3-7-29(22)25-8-9-32-35(14-25)44-11-10-43-32)21-46-34-16-33(45-20-24-5-2-4-23(12-24)17-39)27(13-30(34)37)18-40-19-28(38)15-31(40)36(41)42/h2-9,12-14,16,28,31H,10-11,15,18-21H2,1H3,(H,41,42)/t28-,31+/m0/s1. The molecule has 1 N–H and O–H groups in total. The minimum absolute atomic E-state index is 0.00449. The number of carboxylic acid groups (broad SMARTS) is 1. The molecule has 2 atom stereocenters. The molecule has 0 unspecified atom stereocenters. The first-order chi connectivity index (χ1) is 22.3. The third-order valence-electron chi connectivity index (χ3n) is 8.26. The Labute approximate surface area is 271 Å². The van der Waals surface area contributed by atoms with Crippen LogP contribution in [0.4, 0.5) is 4.39 Å². The van der Waals surface area contributed by atoms with Crippen molar-refractivity contribution < 1.29 is 33.2 Å². The van der Waals surface area contributed by atoms with E-state index in [2.05, 4.69) is 6.07 Å². The molecule has 4 aromatic carbocycles.